The average molecular weight is 309 g/mol. The van der Waals surface area contributed by atoms with E-state index in [1.165, 1.54) is 49.9 Å². The van der Waals surface area contributed by atoms with Crippen LogP contribution < -0.4 is 0 Å². The van der Waals surface area contributed by atoms with E-state index in [0.717, 1.165) is 13.2 Å². The molecule has 1 fully saturated rings. The van der Waals surface area contributed by atoms with E-state index in [0.29, 0.717) is 0 Å². The Labute approximate surface area is 140 Å². The molecule has 1 heterocycles. The van der Waals surface area contributed by atoms with Gasteiger partial charge in [0.2, 0.25) is 0 Å². The largest absolute Gasteiger partial charge is 0.367 e. The highest BCUT2D eigenvalue weighted by Gasteiger charge is 2.15. The first-order chi connectivity index (χ1) is 11.4. The lowest BCUT2D eigenvalue weighted by atomic mass is 10.0. The van der Waals surface area contributed by atoms with Gasteiger partial charge in [-0.25, -0.2) is 0 Å². The second kappa shape index (κ2) is 8.85. The van der Waals surface area contributed by atoms with Crippen molar-refractivity contribution >= 4 is 0 Å². The van der Waals surface area contributed by atoms with E-state index in [1.54, 1.807) is 0 Å². The Bertz CT molecular complexity index is 507. The topological polar surface area (TPSA) is 12.5 Å². The van der Waals surface area contributed by atoms with E-state index in [-0.39, 0.29) is 6.10 Å². The van der Waals surface area contributed by atoms with Crippen LogP contribution in [0.5, 0.6) is 0 Å². The van der Waals surface area contributed by atoms with Crippen LogP contribution in [0.15, 0.2) is 60.7 Å². The Balaban J connectivity index is 1.62. The molecular formula is C21H27NO. The van der Waals surface area contributed by atoms with Crippen LogP contribution in [-0.4, -0.2) is 31.1 Å². The van der Waals surface area contributed by atoms with Crippen LogP contribution in [0.1, 0.15) is 42.9 Å². The summed E-state index contributed by atoms with van der Waals surface area (Å²) < 4.78 is 6.32. The molecule has 0 aliphatic carbocycles. The summed E-state index contributed by atoms with van der Waals surface area (Å²) in [6.07, 6.45) is 5.47. The third-order valence-electron chi connectivity index (χ3n) is 4.60. The summed E-state index contributed by atoms with van der Waals surface area (Å²) in [7, 11) is 0. The molecule has 0 bridgehead atoms. The minimum absolute atomic E-state index is 0.0318. The van der Waals surface area contributed by atoms with Gasteiger partial charge in [0.05, 0.1) is 6.61 Å². The molecule has 0 radical (unpaired) electrons. The fourth-order valence-electron chi connectivity index (χ4n) is 3.30. The van der Waals surface area contributed by atoms with Gasteiger partial charge in [-0.15, -0.1) is 0 Å². The Kier molecular flexibility index (Phi) is 6.25. The van der Waals surface area contributed by atoms with Gasteiger partial charge in [0.25, 0.3) is 0 Å². The van der Waals surface area contributed by atoms with Crippen molar-refractivity contribution in [3.8, 4) is 0 Å². The van der Waals surface area contributed by atoms with Crippen LogP contribution in [0.3, 0.4) is 0 Å². The number of hydrogen-bond acceptors (Lipinski definition) is 2. The second-order valence-electron chi connectivity index (χ2n) is 6.33. The minimum atomic E-state index is 0.0318. The van der Waals surface area contributed by atoms with E-state index in [9.17, 15) is 0 Å². The Morgan fingerprint density at radius 2 is 1.26 bits per heavy atom. The molecular weight excluding hydrogens is 282 g/mol. The highest BCUT2D eigenvalue weighted by atomic mass is 16.5. The van der Waals surface area contributed by atoms with Crippen LogP contribution >= 0.6 is 0 Å². The summed E-state index contributed by atoms with van der Waals surface area (Å²) in [4.78, 5) is 2.56. The molecule has 0 aromatic heterocycles. The van der Waals surface area contributed by atoms with E-state index >= 15 is 0 Å². The van der Waals surface area contributed by atoms with Crippen LogP contribution in [0.4, 0.5) is 0 Å². The zero-order valence-corrected chi connectivity index (χ0v) is 13.9. The summed E-state index contributed by atoms with van der Waals surface area (Å²) in [5, 5.41) is 0. The standard InChI is InChI=1S/C21H27NO/c1-2-10-16-22(15-9-1)17-18-23-21(19-11-5-3-6-12-19)20-13-7-4-8-14-20/h3-8,11-14,21H,1-2,9-10,15-18H2. The maximum Gasteiger partial charge on any atom is 0.108 e. The van der Waals surface area contributed by atoms with Crippen molar-refractivity contribution in [3.63, 3.8) is 0 Å². The molecule has 0 atom stereocenters. The van der Waals surface area contributed by atoms with Crippen molar-refractivity contribution in [2.24, 2.45) is 0 Å². The van der Waals surface area contributed by atoms with Gasteiger partial charge in [-0.05, 0) is 37.1 Å². The fourth-order valence-corrected chi connectivity index (χ4v) is 3.30. The zero-order valence-electron chi connectivity index (χ0n) is 13.9. The Hall–Kier alpha value is -1.64. The van der Waals surface area contributed by atoms with Crippen molar-refractivity contribution in [2.45, 2.75) is 31.8 Å². The summed E-state index contributed by atoms with van der Waals surface area (Å²) in [5.41, 5.74) is 2.46. The van der Waals surface area contributed by atoms with Crippen molar-refractivity contribution in [3.05, 3.63) is 71.8 Å². The fraction of sp³-hybridized carbons (Fsp3) is 0.429. The van der Waals surface area contributed by atoms with Gasteiger partial charge < -0.3 is 9.64 Å². The highest BCUT2D eigenvalue weighted by molar-refractivity contribution is 5.29. The van der Waals surface area contributed by atoms with Crippen molar-refractivity contribution < 1.29 is 4.74 Å². The van der Waals surface area contributed by atoms with E-state index in [1.807, 2.05) is 0 Å². The molecule has 0 amide bonds. The van der Waals surface area contributed by atoms with E-state index in [4.69, 9.17) is 4.74 Å². The average Bonchev–Trinajstić information content (AvgIpc) is 2.89. The molecule has 122 valence electrons. The number of benzene rings is 2. The predicted molar refractivity (Wildman–Crippen MR) is 95.6 cm³/mol. The number of nitrogens with zero attached hydrogens (tertiary/aromatic N) is 1. The quantitative estimate of drug-likeness (QED) is 0.769. The normalized spacial score (nSPS) is 16.4. The third kappa shape index (κ3) is 4.92. The molecule has 2 aromatic rings. The molecule has 0 N–H and O–H groups in total. The summed E-state index contributed by atoms with van der Waals surface area (Å²) >= 11 is 0. The zero-order chi connectivity index (χ0) is 15.7. The van der Waals surface area contributed by atoms with Crippen molar-refractivity contribution in [1.29, 1.82) is 0 Å². The highest BCUT2D eigenvalue weighted by Crippen LogP contribution is 2.25. The van der Waals surface area contributed by atoms with Crippen LogP contribution in [0, 0.1) is 0 Å². The number of ether oxygens (including phenoxy) is 1. The van der Waals surface area contributed by atoms with Crippen molar-refractivity contribution in [1.82, 2.24) is 4.90 Å². The molecule has 2 aromatic carbocycles. The smallest absolute Gasteiger partial charge is 0.108 e. The van der Waals surface area contributed by atoms with E-state index < -0.39 is 0 Å². The van der Waals surface area contributed by atoms with Gasteiger partial charge >= 0.3 is 0 Å². The molecule has 1 aliphatic heterocycles. The first-order valence-corrected chi connectivity index (χ1v) is 8.87. The molecule has 1 saturated heterocycles. The van der Waals surface area contributed by atoms with Gasteiger partial charge in [0, 0.05) is 6.54 Å². The molecule has 0 spiro atoms. The molecule has 2 nitrogen and oxygen atoms in total. The van der Waals surface area contributed by atoms with Crippen LogP contribution in [-0.2, 0) is 4.74 Å². The number of likely N-dealkylation sites (tertiary alicyclic amines) is 1. The number of hydrogen-bond donors (Lipinski definition) is 0. The predicted octanol–water partition coefficient (Wildman–Crippen LogP) is 4.67. The molecule has 1 aliphatic rings. The summed E-state index contributed by atoms with van der Waals surface area (Å²) in [5.74, 6) is 0. The van der Waals surface area contributed by atoms with Crippen LogP contribution in [0.2, 0.25) is 0 Å². The van der Waals surface area contributed by atoms with Gasteiger partial charge in [-0.1, -0.05) is 73.5 Å². The first kappa shape index (κ1) is 16.2. The second-order valence-corrected chi connectivity index (χ2v) is 6.33. The van der Waals surface area contributed by atoms with Crippen LogP contribution in [0.25, 0.3) is 0 Å². The van der Waals surface area contributed by atoms with Gasteiger partial charge in [0.1, 0.15) is 6.10 Å². The minimum Gasteiger partial charge on any atom is -0.367 e. The van der Waals surface area contributed by atoms with Gasteiger partial charge in [0.15, 0.2) is 0 Å². The Morgan fingerprint density at radius 3 is 1.78 bits per heavy atom. The van der Waals surface area contributed by atoms with Gasteiger partial charge in [-0.3, -0.25) is 0 Å². The lowest BCUT2D eigenvalue weighted by Crippen LogP contribution is -2.29. The Morgan fingerprint density at radius 1 is 0.739 bits per heavy atom. The maximum atomic E-state index is 6.32. The molecule has 2 heteroatoms. The molecule has 0 unspecified atom stereocenters. The first-order valence-electron chi connectivity index (χ1n) is 8.87. The summed E-state index contributed by atoms with van der Waals surface area (Å²) in [6.45, 7) is 4.28. The van der Waals surface area contributed by atoms with E-state index in [2.05, 4.69) is 65.6 Å². The lowest BCUT2D eigenvalue weighted by molar-refractivity contribution is 0.0605. The monoisotopic (exact) mass is 309 g/mol. The van der Waals surface area contributed by atoms with Gasteiger partial charge in [-0.2, -0.15) is 0 Å². The molecule has 3 rings (SSSR count). The lowest BCUT2D eigenvalue weighted by Gasteiger charge is -2.23. The molecule has 23 heavy (non-hydrogen) atoms. The van der Waals surface area contributed by atoms with Crippen molar-refractivity contribution in [2.75, 3.05) is 26.2 Å². The summed E-state index contributed by atoms with van der Waals surface area (Å²) in [6, 6.07) is 21.1. The number of rotatable bonds is 6. The maximum absolute atomic E-state index is 6.32. The SMILES string of the molecule is c1ccc(C(OCCN2CCCCCC2)c2ccccc2)cc1. The molecule has 0 saturated carbocycles. The third-order valence-corrected chi connectivity index (χ3v) is 4.60.